The Morgan fingerprint density at radius 1 is 1.15 bits per heavy atom. The first-order chi connectivity index (χ1) is 9.56. The number of aryl methyl sites for hydroxylation is 1. The van der Waals surface area contributed by atoms with Crippen molar-refractivity contribution < 1.29 is 9.90 Å². The average Bonchev–Trinajstić information content (AvgIpc) is 2.41. The molecule has 2 aromatic carbocycles. The van der Waals surface area contributed by atoms with Crippen LogP contribution in [0.4, 0.5) is 17.1 Å². The van der Waals surface area contributed by atoms with Crippen molar-refractivity contribution in [2.75, 3.05) is 5.32 Å². The summed E-state index contributed by atoms with van der Waals surface area (Å²) in [6.45, 7) is 3.24. The van der Waals surface area contributed by atoms with E-state index in [9.17, 15) is 9.90 Å². The summed E-state index contributed by atoms with van der Waals surface area (Å²) < 4.78 is 0. The summed E-state index contributed by atoms with van der Waals surface area (Å²) in [4.78, 5) is 11.0. The Balaban J connectivity index is 2.27. The van der Waals surface area contributed by atoms with Gasteiger partial charge >= 0.3 is 0 Å². The van der Waals surface area contributed by atoms with Crippen LogP contribution in [0.5, 0.6) is 5.75 Å². The fourth-order valence-electron chi connectivity index (χ4n) is 1.69. The summed E-state index contributed by atoms with van der Waals surface area (Å²) in [6, 6.07) is 12.4. The average molecular weight is 269 g/mol. The Labute approximate surface area is 117 Å². The van der Waals surface area contributed by atoms with E-state index in [1.807, 2.05) is 37.3 Å². The normalized spacial score (nSPS) is 10.7. The van der Waals surface area contributed by atoms with E-state index in [-0.39, 0.29) is 11.7 Å². The molecule has 0 radical (unpaired) electrons. The van der Waals surface area contributed by atoms with Crippen molar-refractivity contribution in [3.8, 4) is 5.75 Å². The fourth-order valence-corrected chi connectivity index (χ4v) is 1.69. The zero-order chi connectivity index (χ0) is 14.5. The van der Waals surface area contributed by atoms with Crippen molar-refractivity contribution in [3.63, 3.8) is 0 Å². The Morgan fingerprint density at radius 3 is 2.50 bits per heavy atom. The van der Waals surface area contributed by atoms with Gasteiger partial charge in [-0.05, 0) is 30.7 Å². The molecule has 20 heavy (non-hydrogen) atoms. The first-order valence-corrected chi connectivity index (χ1v) is 6.14. The second-order valence-corrected chi connectivity index (χ2v) is 4.37. The van der Waals surface area contributed by atoms with Gasteiger partial charge in [0.1, 0.15) is 11.4 Å². The zero-order valence-corrected chi connectivity index (χ0v) is 11.3. The van der Waals surface area contributed by atoms with Gasteiger partial charge < -0.3 is 10.4 Å². The molecule has 0 saturated carbocycles. The third-order valence-corrected chi connectivity index (χ3v) is 2.66. The number of aromatic hydroxyl groups is 1. The number of nitrogens with zero attached hydrogens (tertiary/aromatic N) is 2. The van der Waals surface area contributed by atoms with Crippen LogP contribution in [0.2, 0.25) is 0 Å². The maximum atomic E-state index is 11.0. The van der Waals surface area contributed by atoms with E-state index in [0.717, 1.165) is 5.56 Å². The molecule has 0 aliphatic heterocycles. The Kier molecular flexibility index (Phi) is 4.10. The third-order valence-electron chi connectivity index (χ3n) is 2.66. The number of benzene rings is 2. The van der Waals surface area contributed by atoms with Crippen molar-refractivity contribution in [2.45, 2.75) is 13.8 Å². The minimum atomic E-state index is -0.189. The number of rotatable bonds is 3. The van der Waals surface area contributed by atoms with Gasteiger partial charge in [0.25, 0.3) is 0 Å². The number of carbonyl (C=O) groups excluding carboxylic acids is 1. The molecule has 0 atom stereocenters. The fraction of sp³-hybridized carbons (Fsp3) is 0.133. The van der Waals surface area contributed by atoms with Crippen molar-refractivity contribution in [1.29, 1.82) is 0 Å². The highest BCUT2D eigenvalue weighted by Crippen LogP contribution is 2.33. The number of azo groups is 1. The summed E-state index contributed by atoms with van der Waals surface area (Å²) >= 11 is 0. The van der Waals surface area contributed by atoms with Gasteiger partial charge in [-0.15, -0.1) is 5.11 Å². The minimum absolute atomic E-state index is 0.0287. The van der Waals surface area contributed by atoms with Gasteiger partial charge in [0.15, 0.2) is 0 Å². The number of nitrogens with one attached hydrogen (secondary N) is 1. The van der Waals surface area contributed by atoms with Gasteiger partial charge in [0, 0.05) is 18.7 Å². The van der Waals surface area contributed by atoms with Crippen molar-refractivity contribution in [1.82, 2.24) is 0 Å². The lowest BCUT2D eigenvalue weighted by atomic mass is 10.1. The highest BCUT2D eigenvalue weighted by Gasteiger charge is 2.07. The van der Waals surface area contributed by atoms with Crippen LogP contribution in [0.25, 0.3) is 0 Å². The molecule has 0 spiro atoms. The summed E-state index contributed by atoms with van der Waals surface area (Å²) in [5.41, 5.74) is 2.43. The molecular formula is C15H15N3O2. The molecule has 0 aliphatic carbocycles. The molecule has 0 heterocycles. The molecule has 5 heteroatoms. The highest BCUT2D eigenvalue weighted by atomic mass is 16.3. The van der Waals surface area contributed by atoms with E-state index in [2.05, 4.69) is 15.5 Å². The lowest BCUT2D eigenvalue weighted by Gasteiger charge is -2.08. The number of phenolic OH excluding ortho intramolecular Hbond substituents is 1. The van der Waals surface area contributed by atoms with Crippen LogP contribution in [0.15, 0.2) is 52.7 Å². The first kappa shape index (κ1) is 13.7. The number of phenols is 1. The van der Waals surface area contributed by atoms with Crippen LogP contribution < -0.4 is 5.32 Å². The maximum absolute atomic E-state index is 11.0. The number of amides is 1. The van der Waals surface area contributed by atoms with Gasteiger partial charge in [0.05, 0.1) is 5.69 Å². The number of carbonyl (C=O) groups is 1. The van der Waals surface area contributed by atoms with Crippen molar-refractivity contribution in [3.05, 3.63) is 48.0 Å². The molecule has 5 nitrogen and oxygen atoms in total. The molecule has 0 aromatic heterocycles. The van der Waals surface area contributed by atoms with Gasteiger partial charge in [-0.1, -0.05) is 18.2 Å². The van der Waals surface area contributed by atoms with E-state index < -0.39 is 0 Å². The summed E-state index contributed by atoms with van der Waals surface area (Å²) in [7, 11) is 0. The summed E-state index contributed by atoms with van der Waals surface area (Å²) in [6.07, 6.45) is 0. The summed E-state index contributed by atoms with van der Waals surface area (Å²) in [5, 5.41) is 20.6. The molecule has 1 amide bonds. The Morgan fingerprint density at radius 2 is 1.85 bits per heavy atom. The van der Waals surface area contributed by atoms with E-state index in [1.54, 1.807) is 6.07 Å². The number of hydrogen-bond donors (Lipinski definition) is 2. The van der Waals surface area contributed by atoms with Crippen LogP contribution >= 0.6 is 0 Å². The first-order valence-electron chi connectivity index (χ1n) is 6.14. The quantitative estimate of drug-likeness (QED) is 0.824. The molecule has 0 fully saturated rings. The second kappa shape index (κ2) is 5.97. The van der Waals surface area contributed by atoms with Crippen LogP contribution in [-0.2, 0) is 4.79 Å². The molecule has 2 rings (SSSR count). The Hall–Kier alpha value is -2.69. The van der Waals surface area contributed by atoms with Crippen LogP contribution in [0.1, 0.15) is 12.5 Å². The van der Waals surface area contributed by atoms with Crippen LogP contribution in [0, 0.1) is 6.92 Å². The number of hydrogen-bond acceptors (Lipinski definition) is 4. The van der Waals surface area contributed by atoms with E-state index >= 15 is 0 Å². The molecule has 2 N–H and O–H groups in total. The third kappa shape index (κ3) is 3.41. The molecule has 0 bridgehead atoms. The van der Waals surface area contributed by atoms with Crippen LogP contribution in [0.3, 0.4) is 0 Å². The minimum Gasteiger partial charge on any atom is -0.506 e. The van der Waals surface area contributed by atoms with Crippen LogP contribution in [-0.4, -0.2) is 11.0 Å². The Bertz CT molecular complexity index is 652. The van der Waals surface area contributed by atoms with Gasteiger partial charge in [0.2, 0.25) is 5.91 Å². The second-order valence-electron chi connectivity index (χ2n) is 4.37. The lowest BCUT2D eigenvalue weighted by Crippen LogP contribution is -2.06. The predicted octanol–water partition coefficient (Wildman–Crippen LogP) is 4.07. The van der Waals surface area contributed by atoms with E-state index in [4.69, 9.17) is 0 Å². The molecule has 102 valence electrons. The highest BCUT2D eigenvalue weighted by molar-refractivity contribution is 5.90. The SMILES string of the molecule is CC(=O)Nc1cc(O)c(N=Nc2ccccc2)cc1C. The predicted molar refractivity (Wildman–Crippen MR) is 77.8 cm³/mol. The molecule has 0 aliphatic rings. The van der Waals surface area contributed by atoms with Gasteiger partial charge in [-0.25, -0.2) is 0 Å². The van der Waals surface area contributed by atoms with E-state index in [1.165, 1.54) is 13.0 Å². The zero-order valence-electron chi connectivity index (χ0n) is 11.3. The van der Waals surface area contributed by atoms with Gasteiger partial charge in [-0.3, -0.25) is 4.79 Å². The van der Waals surface area contributed by atoms with Crippen molar-refractivity contribution in [2.24, 2.45) is 10.2 Å². The summed E-state index contributed by atoms with van der Waals surface area (Å²) in [5.74, 6) is -0.217. The molecular weight excluding hydrogens is 254 g/mol. The molecule has 0 unspecified atom stereocenters. The van der Waals surface area contributed by atoms with Gasteiger partial charge in [-0.2, -0.15) is 5.11 Å². The lowest BCUT2D eigenvalue weighted by molar-refractivity contribution is -0.114. The number of anilines is 1. The molecule has 0 saturated heterocycles. The monoisotopic (exact) mass is 269 g/mol. The standard InChI is InChI=1S/C15H15N3O2/c1-10-8-14(15(20)9-13(10)16-11(2)19)18-17-12-6-4-3-5-7-12/h3-9,20H,1-2H3,(H,16,19). The molecule has 2 aromatic rings. The topological polar surface area (TPSA) is 74.0 Å². The maximum Gasteiger partial charge on any atom is 0.221 e. The van der Waals surface area contributed by atoms with E-state index in [0.29, 0.717) is 17.1 Å². The van der Waals surface area contributed by atoms with Crippen molar-refractivity contribution >= 4 is 23.0 Å². The smallest absolute Gasteiger partial charge is 0.221 e. The largest absolute Gasteiger partial charge is 0.506 e.